The molecule has 0 heterocycles. The van der Waals surface area contributed by atoms with Crippen LogP contribution in [0.3, 0.4) is 0 Å². The Labute approximate surface area is 214 Å². The van der Waals surface area contributed by atoms with Crippen LogP contribution in [0.2, 0.25) is 5.02 Å². The Bertz CT molecular complexity index is 1360. The van der Waals surface area contributed by atoms with Gasteiger partial charge < -0.3 is 20.1 Å². The highest BCUT2D eigenvalue weighted by molar-refractivity contribution is 6.37. The molecule has 3 aromatic carbocycles. The van der Waals surface area contributed by atoms with Crippen molar-refractivity contribution in [3.05, 3.63) is 87.7 Å². The van der Waals surface area contributed by atoms with Crippen LogP contribution in [0, 0.1) is 20.4 Å². The number of rotatable bonds is 7. The fourth-order valence-corrected chi connectivity index (χ4v) is 3.52. The second-order valence-corrected chi connectivity index (χ2v) is 8.32. The smallest absolute Gasteiger partial charge is 0.397 e. The zero-order chi connectivity index (χ0) is 26.2. The first-order valence-corrected chi connectivity index (χ1v) is 11.4. The molecule has 0 saturated heterocycles. The monoisotopic (exact) mass is 505 g/mol. The van der Waals surface area contributed by atoms with Gasteiger partial charge in [0.1, 0.15) is 11.5 Å². The van der Waals surface area contributed by atoms with Crippen molar-refractivity contribution < 1.29 is 23.9 Å². The molecule has 184 valence electrons. The van der Waals surface area contributed by atoms with Gasteiger partial charge in [-0.1, -0.05) is 23.7 Å². The van der Waals surface area contributed by atoms with E-state index in [4.69, 9.17) is 22.9 Å². The number of aryl methyl sites for hydroxylation is 2. The minimum Gasteiger partial charge on any atom is -0.459 e. The average molecular weight is 506 g/mol. The number of halogens is 1. The molecule has 0 aliphatic heterocycles. The van der Waals surface area contributed by atoms with Gasteiger partial charge >= 0.3 is 11.9 Å². The minimum atomic E-state index is -0.962. The topological polar surface area (TPSA) is 98.1 Å². The maximum Gasteiger partial charge on any atom is 0.397 e. The van der Waals surface area contributed by atoms with Crippen LogP contribution in [0.4, 0.5) is 17.1 Å². The number of amides is 2. The van der Waals surface area contributed by atoms with Gasteiger partial charge in [0.25, 0.3) is 0 Å². The van der Waals surface area contributed by atoms with E-state index >= 15 is 0 Å². The van der Waals surface area contributed by atoms with Crippen molar-refractivity contribution in [2.45, 2.75) is 27.2 Å². The van der Waals surface area contributed by atoms with Crippen molar-refractivity contribution in [1.82, 2.24) is 0 Å². The molecule has 0 aliphatic carbocycles. The van der Waals surface area contributed by atoms with Gasteiger partial charge in [0, 0.05) is 16.4 Å². The first-order chi connectivity index (χ1) is 17.2. The molecule has 0 unspecified atom stereocenters. The Morgan fingerprint density at radius 1 is 0.972 bits per heavy atom. The van der Waals surface area contributed by atoms with E-state index in [-0.39, 0.29) is 18.9 Å². The first kappa shape index (κ1) is 26.3. The number of anilines is 2. The standard InChI is InChI=1S/C27H24ClN3O5/c1-5-35-27(34)26(33)30-20-8-9-23(17(3)10-20)31-25(32)12-18-7-6-16(2)24(11-18)36-22-14-19(28)13-21(15-22)29-4/h6-11,13-15H,5,12H2,1-3H3,(H,30,33)(H,31,32). The summed E-state index contributed by atoms with van der Waals surface area (Å²) in [6, 6.07) is 15.1. The predicted molar refractivity (Wildman–Crippen MR) is 138 cm³/mol. The lowest BCUT2D eigenvalue weighted by molar-refractivity contribution is -0.152. The SMILES string of the molecule is [C-]#[N+]c1cc(Cl)cc(Oc2cc(CC(=O)Nc3ccc(NC(=O)C(=O)OCC)cc3C)ccc2C)c1. The van der Waals surface area contributed by atoms with Crippen LogP contribution >= 0.6 is 11.6 Å². The van der Waals surface area contributed by atoms with Crippen LogP contribution in [0.5, 0.6) is 11.5 Å². The summed E-state index contributed by atoms with van der Waals surface area (Å²) in [5.74, 6) is -1.08. The molecule has 2 amide bonds. The second kappa shape index (κ2) is 11.9. The summed E-state index contributed by atoms with van der Waals surface area (Å²) in [5, 5.41) is 5.72. The van der Waals surface area contributed by atoms with Crippen molar-refractivity contribution in [2.75, 3.05) is 17.2 Å². The van der Waals surface area contributed by atoms with E-state index in [0.29, 0.717) is 39.1 Å². The summed E-state index contributed by atoms with van der Waals surface area (Å²) < 4.78 is 10.6. The third kappa shape index (κ3) is 7.08. The fraction of sp³-hybridized carbons (Fsp3) is 0.185. The maximum atomic E-state index is 12.7. The molecule has 3 rings (SSSR count). The summed E-state index contributed by atoms with van der Waals surface area (Å²) in [4.78, 5) is 39.4. The number of nitrogens with one attached hydrogen (secondary N) is 2. The van der Waals surface area contributed by atoms with Gasteiger partial charge in [0.05, 0.1) is 19.6 Å². The lowest BCUT2D eigenvalue weighted by atomic mass is 10.1. The average Bonchev–Trinajstić information content (AvgIpc) is 2.82. The summed E-state index contributed by atoms with van der Waals surface area (Å²) in [6.45, 7) is 12.6. The quantitative estimate of drug-likeness (QED) is 0.234. The minimum absolute atomic E-state index is 0.0975. The van der Waals surface area contributed by atoms with Gasteiger partial charge in [-0.05, 0) is 79.9 Å². The summed E-state index contributed by atoms with van der Waals surface area (Å²) in [7, 11) is 0. The molecule has 0 radical (unpaired) electrons. The molecule has 0 atom stereocenters. The number of hydrogen-bond acceptors (Lipinski definition) is 5. The van der Waals surface area contributed by atoms with Crippen molar-refractivity contribution in [1.29, 1.82) is 0 Å². The van der Waals surface area contributed by atoms with E-state index < -0.39 is 11.9 Å². The fourth-order valence-electron chi connectivity index (χ4n) is 3.30. The molecule has 0 aliphatic rings. The van der Waals surface area contributed by atoms with E-state index in [1.807, 2.05) is 19.1 Å². The molecule has 3 aromatic rings. The number of carbonyl (C=O) groups is 3. The Hall–Kier alpha value is -4.35. The summed E-state index contributed by atoms with van der Waals surface area (Å²) in [5.41, 5.74) is 3.65. The molecule has 0 fully saturated rings. The molecule has 9 heteroatoms. The highest BCUT2D eigenvalue weighted by Gasteiger charge is 2.15. The van der Waals surface area contributed by atoms with Crippen molar-refractivity contribution in [3.63, 3.8) is 0 Å². The number of hydrogen-bond donors (Lipinski definition) is 2. The van der Waals surface area contributed by atoms with Gasteiger partial charge in [-0.25, -0.2) is 9.64 Å². The largest absolute Gasteiger partial charge is 0.459 e. The Morgan fingerprint density at radius 2 is 1.75 bits per heavy atom. The second-order valence-electron chi connectivity index (χ2n) is 7.89. The van der Waals surface area contributed by atoms with E-state index in [9.17, 15) is 14.4 Å². The Kier molecular flexibility index (Phi) is 8.66. The van der Waals surface area contributed by atoms with Crippen molar-refractivity contribution >= 4 is 46.4 Å². The normalized spacial score (nSPS) is 10.2. The van der Waals surface area contributed by atoms with Crippen molar-refractivity contribution in [3.8, 4) is 11.5 Å². The molecule has 2 N–H and O–H groups in total. The van der Waals surface area contributed by atoms with E-state index in [1.54, 1.807) is 56.3 Å². The lowest BCUT2D eigenvalue weighted by Gasteiger charge is -2.13. The predicted octanol–water partition coefficient (Wildman–Crippen LogP) is 5.98. The van der Waals surface area contributed by atoms with Gasteiger partial charge in [-0.15, -0.1) is 0 Å². The highest BCUT2D eigenvalue weighted by atomic mass is 35.5. The molecule has 0 saturated carbocycles. The van der Waals surface area contributed by atoms with Gasteiger partial charge in [0.2, 0.25) is 5.91 Å². The molecule has 8 nitrogen and oxygen atoms in total. The lowest BCUT2D eigenvalue weighted by Crippen LogP contribution is -2.25. The number of carbonyl (C=O) groups excluding carboxylic acids is 3. The summed E-state index contributed by atoms with van der Waals surface area (Å²) in [6.07, 6.45) is 0.0975. The van der Waals surface area contributed by atoms with Gasteiger partial charge in [-0.2, -0.15) is 0 Å². The number of benzene rings is 3. The van der Waals surface area contributed by atoms with Crippen LogP contribution in [0.25, 0.3) is 4.85 Å². The van der Waals surface area contributed by atoms with Crippen LogP contribution in [-0.4, -0.2) is 24.4 Å². The Balaban J connectivity index is 1.67. The molecule has 0 spiro atoms. The third-order valence-corrected chi connectivity index (χ3v) is 5.27. The number of esters is 1. The van der Waals surface area contributed by atoms with Crippen molar-refractivity contribution in [2.24, 2.45) is 0 Å². The maximum absolute atomic E-state index is 12.7. The third-order valence-electron chi connectivity index (χ3n) is 5.05. The van der Waals surface area contributed by atoms with E-state index in [1.165, 1.54) is 0 Å². The molecule has 0 aromatic heterocycles. The zero-order valence-corrected chi connectivity index (χ0v) is 20.7. The zero-order valence-electron chi connectivity index (χ0n) is 20.0. The number of ether oxygens (including phenoxy) is 2. The first-order valence-electron chi connectivity index (χ1n) is 11.0. The van der Waals surface area contributed by atoms with Crippen LogP contribution in [0.15, 0.2) is 54.6 Å². The van der Waals surface area contributed by atoms with Crippen LogP contribution < -0.4 is 15.4 Å². The van der Waals surface area contributed by atoms with Crippen LogP contribution in [-0.2, 0) is 25.5 Å². The van der Waals surface area contributed by atoms with E-state index in [2.05, 4.69) is 20.2 Å². The molecule has 0 bridgehead atoms. The highest BCUT2D eigenvalue weighted by Crippen LogP contribution is 2.32. The number of nitrogens with zero attached hydrogens (tertiary/aromatic N) is 1. The van der Waals surface area contributed by atoms with Gasteiger partial charge in [-0.3, -0.25) is 9.59 Å². The molecular formula is C27H24ClN3O5. The van der Waals surface area contributed by atoms with Crippen LogP contribution in [0.1, 0.15) is 23.6 Å². The molecule has 36 heavy (non-hydrogen) atoms. The molecular weight excluding hydrogens is 482 g/mol. The van der Waals surface area contributed by atoms with E-state index in [0.717, 1.165) is 11.1 Å². The van der Waals surface area contributed by atoms with Gasteiger partial charge in [0.15, 0.2) is 5.69 Å². The summed E-state index contributed by atoms with van der Waals surface area (Å²) >= 11 is 6.07. The Morgan fingerprint density at radius 3 is 2.44 bits per heavy atom.